The molecule has 16 heteroatoms. The third kappa shape index (κ3) is 7.70. The minimum Gasteiger partial charge on any atom is -0.459 e. The van der Waals surface area contributed by atoms with Crippen LogP contribution < -0.4 is 0 Å². The number of ketones is 1. The molecular weight excluding hydrogens is 688 g/mol. The van der Waals surface area contributed by atoms with Crippen LogP contribution in [0.1, 0.15) is 95.4 Å². The zero-order valence-corrected chi connectivity index (χ0v) is 31.7. The molecule has 2 bridgehead atoms. The summed E-state index contributed by atoms with van der Waals surface area (Å²) in [6, 6.07) is 0. The summed E-state index contributed by atoms with van der Waals surface area (Å²) >= 11 is 0. The van der Waals surface area contributed by atoms with Crippen molar-refractivity contribution in [3.05, 3.63) is 0 Å². The van der Waals surface area contributed by atoms with Crippen molar-refractivity contribution in [3.8, 4) is 0 Å². The highest BCUT2D eigenvalue weighted by molar-refractivity contribution is 5.93. The molecule has 2 saturated heterocycles. The number of hydrogen-bond donors (Lipinski definition) is 1. The van der Waals surface area contributed by atoms with Gasteiger partial charge in [0.1, 0.15) is 23.9 Å². The topological polar surface area (TPSA) is 217 Å². The molecule has 4 fully saturated rings. The minimum atomic E-state index is -2.59. The van der Waals surface area contributed by atoms with Gasteiger partial charge < -0.3 is 43.0 Å². The Kier molecular flexibility index (Phi) is 11.6. The van der Waals surface area contributed by atoms with E-state index in [0.29, 0.717) is 0 Å². The van der Waals surface area contributed by atoms with Crippen LogP contribution in [0.5, 0.6) is 0 Å². The molecule has 2 aliphatic heterocycles. The van der Waals surface area contributed by atoms with Gasteiger partial charge in [-0.2, -0.15) is 0 Å². The van der Waals surface area contributed by atoms with Crippen molar-refractivity contribution in [1.29, 1.82) is 0 Å². The molecule has 0 aromatic rings. The lowest BCUT2D eigenvalue weighted by molar-refractivity contribution is -0.268. The van der Waals surface area contributed by atoms with Crippen molar-refractivity contribution in [1.82, 2.24) is 0 Å². The largest absolute Gasteiger partial charge is 0.459 e. The number of hydrogen-bond acceptors (Lipinski definition) is 16. The molecule has 0 amide bonds. The van der Waals surface area contributed by atoms with Crippen molar-refractivity contribution >= 4 is 41.6 Å². The van der Waals surface area contributed by atoms with E-state index in [1.54, 1.807) is 13.8 Å². The van der Waals surface area contributed by atoms with Gasteiger partial charge in [0.05, 0.1) is 18.1 Å². The number of aliphatic hydroxyl groups is 1. The van der Waals surface area contributed by atoms with Crippen molar-refractivity contribution in [2.75, 3.05) is 6.61 Å². The van der Waals surface area contributed by atoms with E-state index in [4.69, 9.17) is 37.9 Å². The van der Waals surface area contributed by atoms with Gasteiger partial charge in [-0.1, -0.05) is 34.6 Å². The minimum absolute atomic E-state index is 0.0601. The fraction of sp³-hybridized carbons (Fsp3) is 0.806. The zero-order chi connectivity index (χ0) is 39.3. The van der Waals surface area contributed by atoms with Gasteiger partial charge in [-0.25, -0.2) is 0 Å². The SMILES string of the molecule is CC(=O)O[C@H]1[C@H]2OC(=O)CC[C@](O)([C@@H]1OCC(C)C)[C@H](OC(C)=O)[C@H]1[C@@H](OC(C)=O)[C@](C)(OC(C)=O)C[C@]1(OC(C)=O)C(=O)[C@H](C)[C@@H]1O[C@@H]1C2(C)C. The summed E-state index contributed by atoms with van der Waals surface area (Å²) in [5, 5.41) is 13.4. The Morgan fingerprint density at radius 1 is 0.808 bits per heavy atom. The van der Waals surface area contributed by atoms with Crippen LogP contribution in [0, 0.1) is 23.2 Å². The first-order chi connectivity index (χ1) is 23.9. The van der Waals surface area contributed by atoms with Crippen molar-refractivity contribution < 1.29 is 76.6 Å². The first-order valence-electron chi connectivity index (χ1n) is 17.5. The van der Waals surface area contributed by atoms with Gasteiger partial charge in [0.15, 0.2) is 29.2 Å². The van der Waals surface area contributed by atoms with E-state index in [1.165, 1.54) is 13.8 Å². The third-order valence-corrected chi connectivity index (χ3v) is 10.5. The van der Waals surface area contributed by atoms with Crippen LogP contribution in [-0.4, -0.2) is 113 Å². The predicted octanol–water partition coefficient (Wildman–Crippen LogP) is 1.92. The number of carbonyl (C=O) groups excluding carboxylic acids is 7. The molecule has 0 aromatic carbocycles. The molecule has 1 N–H and O–H groups in total. The number of carbonyl (C=O) groups is 7. The maximum Gasteiger partial charge on any atom is 0.306 e. The van der Waals surface area contributed by atoms with Crippen molar-refractivity contribution in [2.24, 2.45) is 23.2 Å². The highest BCUT2D eigenvalue weighted by Gasteiger charge is 2.76. The molecule has 16 nitrogen and oxygen atoms in total. The summed E-state index contributed by atoms with van der Waals surface area (Å²) in [6.07, 6.45) is -11.7. The molecule has 292 valence electrons. The van der Waals surface area contributed by atoms with Gasteiger partial charge in [0, 0.05) is 65.4 Å². The lowest BCUT2D eigenvalue weighted by Crippen LogP contribution is -2.70. The normalized spacial score (nSPS) is 39.6. The lowest BCUT2D eigenvalue weighted by atomic mass is 9.65. The van der Waals surface area contributed by atoms with Gasteiger partial charge in [0.2, 0.25) is 0 Å². The second-order valence-corrected chi connectivity index (χ2v) is 15.8. The maximum absolute atomic E-state index is 15.2. The van der Waals surface area contributed by atoms with Crippen LogP contribution >= 0.6 is 0 Å². The fourth-order valence-corrected chi connectivity index (χ4v) is 8.58. The lowest BCUT2D eigenvalue weighted by Gasteiger charge is -2.52. The second-order valence-electron chi connectivity index (χ2n) is 15.8. The van der Waals surface area contributed by atoms with Crippen LogP contribution in [0.15, 0.2) is 0 Å². The number of ether oxygens (including phenoxy) is 8. The Morgan fingerprint density at radius 2 is 1.37 bits per heavy atom. The smallest absolute Gasteiger partial charge is 0.306 e. The molecule has 0 radical (unpaired) electrons. The quantitative estimate of drug-likeness (QED) is 0.214. The third-order valence-electron chi connectivity index (χ3n) is 10.5. The molecule has 2 heterocycles. The van der Waals surface area contributed by atoms with Gasteiger partial charge in [-0.15, -0.1) is 0 Å². The monoisotopic (exact) mass is 740 g/mol. The molecule has 4 aliphatic rings. The molecule has 4 rings (SSSR count). The average molecular weight is 741 g/mol. The highest BCUT2D eigenvalue weighted by Crippen LogP contribution is 2.58. The molecular formula is C36H52O16. The molecule has 2 saturated carbocycles. The van der Waals surface area contributed by atoms with E-state index in [0.717, 1.165) is 34.6 Å². The standard InChI is InChI=1S/C36H52O16/c1-16(2)14-45-32-26(46-18(4)37)31-33(9,10)30-25(50-30)17(3)27(43)36(52-22(8)41)15-34(11,51-21(7)40)28(47-19(5)38)24(36)29(48-20(6)39)35(32,44)13-12-23(42)49-31/h16-17,24-26,28-32,44H,12-15H2,1-11H3/t17-,24-,25+,26+,28-,29-,30+,31-,32-,34-,35-,36-/m1/s1. The number of rotatable bonds is 8. The van der Waals surface area contributed by atoms with Crippen LogP contribution in [0.3, 0.4) is 0 Å². The Bertz CT molecular complexity index is 1470. The van der Waals surface area contributed by atoms with E-state index in [-0.39, 0.29) is 12.5 Å². The van der Waals surface area contributed by atoms with E-state index in [2.05, 4.69) is 0 Å². The summed E-state index contributed by atoms with van der Waals surface area (Å²) in [5.41, 5.74) is -8.17. The Hall–Kier alpha value is -3.63. The van der Waals surface area contributed by atoms with Crippen LogP contribution in [-0.2, 0) is 71.5 Å². The number of esters is 6. The molecule has 2 aliphatic carbocycles. The summed E-state index contributed by atoms with van der Waals surface area (Å²) in [5.74, 6) is -9.23. The molecule has 52 heavy (non-hydrogen) atoms. The summed E-state index contributed by atoms with van der Waals surface area (Å²) in [6.45, 7) is 15.2. The molecule has 0 spiro atoms. The Morgan fingerprint density at radius 3 is 1.88 bits per heavy atom. The van der Waals surface area contributed by atoms with Crippen LogP contribution in [0.2, 0.25) is 0 Å². The van der Waals surface area contributed by atoms with E-state index in [1.807, 2.05) is 13.8 Å². The van der Waals surface area contributed by atoms with Crippen molar-refractivity contribution in [3.63, 3.8) is 0 Å². The number of Topliss-reactive ketones (excluding diaryl/α,β-unsaturated/α-hetero) is 1. The van der Waals surface area contributed by atoms with Gasteiger partial charge >= 0.3 is 35.8 Å². The summed E-state index contributed by atoms with van der Waals surface area (Å²) < 4.78 is 48.1. The van der Waals surface area contributed by atoms with E-state index in [9.17, 15) is 33.9 Å². The molecule has 12 atom stereocenters. The zero-order valence-electron chi connectivity index (χ0n) is 31.7. The highest BCUT2D eigenvalue weighted by atomic mass is 16.6. The number of fused-ring (bicyclic) bond motifs is 5. The van der Waals surface area contributed by atoms with Gasteiger partial charge in [-0.05, 0) is 19.3 Å². The molecule has 0 unspecified atom stereocenters. The average Bonchev–Trinajstić information content (AvgIpc) is 3.76. The van der Waals surface area contributed by atoms with E-state index >= 15 is 4.79 Å². The summed E-state index contributed by atoms with van der Waals surface area (Å²) in [4.78, 5) is 93.5. The second kappa shape index (κ2) is 14.7. The molecule has 0 aromatic heterocycles. The first-order valence-corrected chi connectivity index (χ1v) is 17.5. The van der Waals surface area contributed by atoms with E-state index < -0.39 is 138 Å². The number of epoxide rings is 1. The van der Waals surface area contributed by atoms with Crippen LogP contribution in [0.4, 0.5) is 0 Å². The van der Waals surface area contributed by atoms with Crippen LogP contribution in [0.25, 0.3) is 0 Å². The predicted molar refractivity (Wildman–Crippen MR) is 175 cm³/mol. The van der Waals surface area contributed by atoms with Gasteiger partial charge in [-0.3, -0.25) is 33.6 Å². The fourth-order valence-electron chi connectivity index (χ4n) is 8.58. The maximum atomic E-state index is 15.2. The Balaban J connectivity index is 2.21. The first kappa shape index (κ1) is 41.1. The Labute approximate surface area is 302 Å². The van der Waals surface area contributed by atoms with Gasteiger partial charge in [0.25, 0.3) is 0 Å². The summed E-state index contributed by atoms with van der Waals surface area (Å²) in [7, 11) is 0. The van der Waals surface area contributed by atoms with Crippen molar-refractivity contribution in [2.45, 2.75) is 155 Å².